The summed E-state index contributed by atoms with van der Waals surface area (Å²) >= 11 is 5.76. The van der Waals surface area contributed by atoms with Crippen LogP contribution in [0.2, 0.25) is 5.02 Å². The highest BCUT2D eigenvalue weighted by Gasteiger charge is 2.12. The lowest BCUT2D eigenvalue weighted by Crippen LogP contribution is -1.92. The maximum atomic E-state index is 10.8. The molecule has 0 amide bonds. The minimum Gasteiger partial charge on any atom is -0.493 e. The molecule has 0 aliphatic carbocycles. The monoisotopic (exact) mass is 320 g/mol. The molecular weight excluding hydrogens is 308 g/mol. The van der Waals surface area contributed by atoms with Crippen molar-refractivity contribution in [3.8, 4) is 11.5 Å². The van der Waals surface area contributed by atoms with Crippen molar-refractivity contribution >= 4 is 29.2 Å². The van der Waals surface area contributed by atoms with E-state index in [1.165, 1.54) is 12.1 Å². The smallest absolute Gasteiger partial charge is 0.290 e. The van der Waals surface area contributed by atoms with Gasteiger partial charge < -0.3 is 9.47 Å². The van der Waals surface area contributed by atoms with Crippen LogP contribution in [0.15, 0.2) is 41.4 Å². The Morgan fingerprint density at radius 2 is 1.86 bits per heavy atom. The van der Waals surface area contributed by atoms with Crippen LogP contribution in [0.25, 0.3) is 0 Å². The molecule has 114 valence electrons. The predicted octanol–water partition coefficient (Wildman–Crippen LogP) is 4.02. The first-order valence-electron chi connectivity index (χ1n) is 6.25. The molecule has 2 rings (SSSR count). The third-order valence-electron chi connectivity index (χ3n) is 2.90. The number of nitro benzene ring substituents is 1. The van der Waals surface area contributed by atoms with E-state index in [0.717, 1.165) is 5.56 Å². The minimum absolute atomic E-state index is 0.0788. The molecule has 0 bridgehead atoms. The summed E-state index contributed by atoms with van der Waals surface area (Å²) in [6.07, 6.45) is 1.58. The summed E-state index contributed by atoms with van der Waals surface area (Å²) in [7, 11) is 3.10. The van der Waals surface area contributed by atoms with Crippen LogP contribution in [0.1, 0.15) is 5.56 Å². The van der Waals surface area contributed by atoms with Gasteiger partial charge in [0.15, 0.2) is 11.5 Å². The van der Waals surface area contributed by atoms with Crippen molar-refractivity contribution in [3.05, 3.63) is 57.1 Å². The average molecular weight is 321 g/mol. The van der Waals surface area contributed by atoms with E-state index < -0.39 is 4.92 Å². The third-order valence-corrected chi connectivity index (χ3v) is 3.22. The van der Waals surface area contributed by atoms with E-state index in [9.17, 15) is 10.1 Å². The van der Waals surface area contributed by atoms with Gasteiger partial charge in [0.1, 0.15) is 5.02 Å². The number of hydrogen-bond acceptors (Lipinski definition) is 5. The Morgan fingerprint density at radius 3 is 2.50 bits per heavy atom. The predicted molar refractivity (Wildman–Crippen MR) is 84.9 cm³/mol. The number of benzene rings is 2. The summed E-state index contributed by atoms with van der Waals surface area (Å²) in [5.74, 6) is 1.19. The Morgan fingerprint density at radius 1 is 1.14 bits per heavy atom. The van der Waals surface area contributed by atoms with Gasteiger partial charge in [-0.15, -0.1) is 0 Å². The summed E-state index contributed by atoms with van der Waals surface area (Å²) < 4.78 is 10.4. The maximum absolute atomic E-state index is 10.8. The molecule has 0 unspecified atom stereocenters. The number of aliphatic imine (C=N–C) groups is 1. The van der Waals surface area contributed by atoms with Gasteiger partial charge in [-0.25, -0.2) is 0 Å². The molecule has 0 heterocycles. The molecule has 2 aromatic rings. The largest absolute Gasteiger partial charge is 0.493 e. The van der Waals surface area contributed by atoms with Crippen molar-refractivity contribution in [3.63, 3.8) is 0 Å². The maximum Gasteiger partial charge on any atom is 0.290 e. The molecule has 0 aliphatic rings. The van der Waals surface area contributed by atoms with E-state index in [4.69, 9.17) is 21.1 Å². The number of hydrogen-bond donors (Lipinski definition) is 0. The topological polar surface area (TPSA) is 74.0 Å². The van der Waals surface area contributed by atoms with Crippen LogP contribution >= 0.6 is 11.6 Å². The SMILES string of the molecule is COc1ccc(C=Nc2ccc(Cl)c([N+](=O)[O-])c2)cc1OC. The van der Waals surface area contributed by atoms with Gasteiger partial charge in [0, 0.05) is 12.3 Å². The van der Waals surface area contributed by atoms with Crippen LogP contribution in [0.5, 0.6) is 11.5 Å². The average Bonchev–Trinajstić information content (AvgIpc) is 2.53. The van der Waals surface area contributed by atoms with E-state index in [-0.39, 0.29) is 10.7 Å². The molecule has 0 saturated heterocycles. The van der Waals surface area contributed by atoms with Gasteiger partial charge in [0.25, 0.3) is 5.69 Å². The van der Waals surface area contributed by atoms with Crippen LogP contribution < -0.4 is 9.47 Å². The van der Waals surface area contributed by atoms with Crippen molar-refractivity contribution in [2.45, 2.75) is 0 Å². The normalized spacial score (nSPS) is 10.7. The van der Waals surface area contributed by atoms with Gasteiger partial charge >= 0.3 is 0 Å². The lowest BCUT2D eigenvalue weighted by molar-refractivity contribution is -0.384. The van der Waals surface area contributed by atoms with E-state index >= 15 is 0 Å². The molecule has 6 nitrogen and oxygen atoms in total. The molecule has 0 atom stereocenters. The van der Waals surface area contributed by atoms with E-state index in [2.05, 4.69) is 4.99 Å². The molecule has 22 heavy (non-hydrogen) atoms. The van der Waals surface area contributed by atoms with E-state index in [1.807, 2.05) is 0 Å². The molecule has 0 N–H and O–H groups in total. The van der Waals surface area contributed by atoms with Crippen LogP contribution in [0, 0.1) is 10.1 Å². The quantitative estimate of drug-likeness (QED) is 0.474. The Bertz CT molecular complexity index is 731. The Labute approximate surface area is 132 Å². The first-order chi connectivity index (χ1) is 10.5. The first kappa shape index (κ1) is 15.8. The zero-order valence-electron chi connectivity index (χ0n) is 11.9. The number of nitrogens with zero attached hydrogens (tertiary/aromatic N) is 2. The van der Waals surface area contributed by atoms with Gasteiger partial charge in [0.2, 0.25) is 0 Å². The van der Waals surface area contributed by atoms with Crippen molar-refractivity contribution in [1.29, 1.82) is 0 Å². The van der Waals surface area contributed by atoms with Crippen LogP contribution in [0.3, 0.4) is 0 Å². The van der Waals surface area contributed by atoms with Crippen molar-refractivity contribution in [2.75, 3.05) is 14.2 Å². The number of nitro groups is 1. The molecule has 0 spiro atoms. The van der Waals surface area contributed by atoms with Crippen LogP contribution in [0.4, 0.5) is 11.4 Å². The lowest BCUT2D eigenvalue weighted by Gasteiger charge is -2.07. The zero-order chi connectivity index (χ0) is 16.1. The molecule has 0 radical (unpaired) electrons. The number of methoxy groups -OCH3 is 2. The Kier molecular flexibility index (Phi) is 4.95. The molecule has 0 saturated carbocycles. The highest BCUT2D eigenvalue weighted by Crippen LogP contribution is 2.29. The standard InChI is InChI=1S/C15H13ClN2O4/c1-21-14-6-3-10(7-15(14)22-2)9-17-11-4-5-12(16)13(8-11)18(19)20/h3-9H,1-2H3. The highest BCUT2D eigenvalue weighted by atomic mass is 35.5. The number of halogens is 1. The molecule has 2 aromatic carbocycles. The number of rotatable bonds is 5. The Hall–Kier alpha value is -2.60. The lowest BCUT2D eigenvalue weighted by atomic mass is 10.2. The zero-order valence-corrected chi connectivity index (χ0v) is 12.7. The summed E-state index contributed by atoms with van der Waals surface area (Å²) in [6.45, 7) is 0. The van der Waals surface area contributed by atoms with Gasteiger partial charge in [0.05, 0.1) is 24.8 Å². The van der Waals surface area contributed by atoms with Gasteiger partial charge in [-0.3, -0.25) is 15.1 Å². The molecule has 7 heteroatoms. The molecule has 0 fully saturated rings. The second-order valence-electron chi connectivity index (χ2n) is 4.27. The first-order valence-corrected chi connectivity index (χ1v) is 6.63. The van der Waals surface area contributed by atoms with E-state index in [1.54, 1.807) is 44.7 Å². The second-order valence-corrected chi connectivity index (χ2v) is 4.67. The Balaban J connectivity index is 2.29. The van der Waals surface area contributed by atoms with Gasteiger partial charge in [-0.2, -0.15) is 0 Å². The van der Waals surface area contributed by atoms with Crippen LogP contribution in [-0.4, -0.2) is 25.4 Å². The molecular formula is C15H13ClN2O4. The third kappa shape index (κ3) is 3.53. The van der Waals surface area contributed by atoms with E-state index in [0.29, 0.717) is 17.2 Å². The van der Waals surface area contributed by atoms with Gasteiger partial charge in [-0.05, 0) is 35.9 Å². The fourth-order valence-electron chi connectivity index (χ4n) is 1.80. The number of ether oxygens (including phenoxy) is 2. The van der Waals surface area contributed by atoms with Gasteiger partial charge in [-0.1, -0.05) is 11.6 Å². The summed E-state index contributed by atoms with van der Waals surface area (Å²) in [5, 5.41) is 10.9. The fraction of sp³-hybridized carbons (Fsp3) is 0.133. The fourth-order valence-corrected chi connectivity index (χ4v) is 1.99. The second kappa shape index (κ2) is 6.91. The summed E-state index contributed by atoms with van der Waals surface area (Å²) in [5.41, 5.74) is 1.03. The highest BCUT2D eigenvalue weighted by molar-refractivity contribution is 6.32. The van der Waals surface area contributed by atoms with Crippen molar-refractivity contribution in [1.82, 2.24) is 0 Å². The van der Waals surface area contributed by atoms with Crippen molar-refractivity contribution in [2.24, 2.45) is 4.99 Å². The minimum atomic E-state index is -0.544. The summed E-state index contributed by atoms with van der Waals surface area (Å²) in [6, 6.07) is 9.68. The summed E-state index contributed by atoms with van der Waals surface area (Å²) in [4.78, 5) is 14.5. The van der Waals surface area contributed by atoms with Crippen LogP contribution in [-0.2, 0) is 0 Å². The molecule has 0 aromatic heterocycles. The molecule has 0 aliphatic heterocycles. The van der Waals surface area contributed by atoms with Crippen molar-refractivity contribution < 1.29 is 14.4 Å².